The Morgan fingerprint density at radius 1 is 1.38 bits per heavy atom. The number of carbonyl (C=O) groups is 2. The van der Waals surface area contributed by atoms with Gasteiger partial charge in [0.1, 0.15) is 6.04 Å². The molecular weight excluding hydrogens is 212 g/mol. The van der Waals surface area contributed by atoms with E-state index in [0.717, 1.165) is 6.42 Å². The van der Waals surface area contributed by atoms with Crippen LogP contribution in [0.5, 0.6) is 0 Å². The Bertz CT molecular complexity index is 231. The minimum Gasteiger partial charge on any atom is -0.480 e. The molecule has 94 valence electrons. The van der Waals surface area contributed by atoms with Crippen molar-refractivity contribution in [2.75, 3.05) is 6.54 Å². The maximum Gasteiger partial charge on any atom is 0.326 e. The summed E-state index contributed by atoms with van der Waals surface area (Å²) < 4.78 is 0. The normalized spacial score (nSPS) is 14.2. The standard InChI is InChI=1S/C10H20N2O4/c1-7(13)6-9(14)12-8(10(15)16)4-2-3-5-11/h7-8,13H,2-6,11H2,1H3,(H,12,14)(H,15,16). The summed E-state index contributed by atoms with van der Waals surface area (Å²) in [4.78, 5) is 22.0. The molecule has 0 aliphatic heterocycles. The fraction of sp³-hybridized carbons (Fsp3) is 0.800. The third kappa shape index (κ3) is 7.19. The third-order valence-corrected chi connectivity index (χ3v) is 2.06. The number of aliphatic carboxylic acids is 1. The number of aliphatic hydroxyl groups excluding tert-OH is 1. The van der Waals surface area contributed by atoms with E-state index in [1.54, 1.807) is 0 Å². The maximum absolute atomic E-state index is 11.2. The lowest BCUT2D eigenvalue weighted by molar-refractivity contribution is -0.142. The zero-order valence-corrected chi connectivity index (χ0v) is 9.48. The molecule has 0 aliphatic rings. The molecule has 0 saturated carbocycles. The topological polar surface area (TPSA) is 113 Å². The number of nitrogens with one attached hydrogen (secondary N) is 1. The van der Waals surface area contributed by atoms with Crippen molar-refractivity contribution in [3.63, 3.8) is 0 Å². The largest absolute Gasteiger partial charge is 0.480 e. The summed E-state index contributed by atoms with van der Waals surface area (Å²) in [5.41, 5.74) is 5.29. The summed E-state index contributed by atoms with van der Waals surface area (Å²) in [6.45, 7) is 1.98. The van der Waals surface area contributed by atoms with E-state index in [2.05, 4.69) is 5.32 Å². The molecule has 0 bridgehead atoms. The molecule has 0 spiro atoms. The van der Waals surface area contributed by atoms with Gasteiger partial charge in [-0.1, -0.05) is 0 Å². The second-order valence-electron chi connectivity index (χ2n) is 3.80. The molecule has 5 N–H and O–H groups in total. The maximum atomic E-state index is 11.2. The summed E-state index contributed by atoms with van der Waals surface area (Å²) in [6, 6.07) is -0.891. The zero-order chi connectivity index (χ0) is 12.6. The second kappa shape index (κ2) is 8.06. The van der Waals surface area contributed by atoms with Gasteiger partial charge in [-0.15, -0.1) is 0 Å². The van der Waals surface area contributed by atoms with E-state index in [0.29, 0.717) is 19.4 Å². The van der Waals surface area contributed by atoms with Crippen molar-refractivity contribution in [2.24, 2.45) is 5.73 Å². The first-order chi connectivity index (χ1) is 7.47. The van der Waals surface area contributed by atoms with Crippen LogP contribution in [0.3, 0.4) is 0 Å². The molecule has 0 aromatic rings. The van der Waals surface area contributed by atoms with Crippen molar-refractivity contribution < 1.29 is 19.8 Å². The highest BCUT2D eigenvalue weighted by atomic mass is 16.4. The molecule has 2 atom stereocenters. The highest BCUT2D eigenvalue weighted by Gasteiger charge is 2.19. The molecular formula is C10H20N2O4. The Morgan fingerprint density at radius 3 is 2.44 bits per heavy atom. The number of nitrogens with two attached hydrogens (primary N) is 1. The number of aliphatic hydroxyl groups is 1. The molecule has 0 aromatic carbocycles. The van der Waals surface area contributed by atoms with Crippen LogP contribution in [-0.4, -0.2) is 40.8 Å². The first-order valence-corrected chi connectivity index (χ1v) is 5.37. The highest BCUT2D eigenvalue weighted by Crippen LogP contribution is 2.01. The Hall–Kier alpha value is -1.14. The minimum absolute atomic E-state index is 0.0827. The first kappa shape index (κ1) is 14.9. The summed E-state index contributed by atoms with van der Waals surface area (Å²) in [7, 11) is 0. The third-order valence-electron chi connectivity index (χ3n) is 2.06. The van der Waals surface area contributed by atoms with E-state index in [1.165, 1.54) is 6.92 Å². The highest BCUT2D eigenvalue weighted by molar-refractivity contribution is 5.83. The molecule has 0 heterocycles. The fourth-order valence-corrected chi connectivity index (χ4v) is 1.27. The van der Waals surface area contributed by atoms with Gasteiger partial charge < -0.3 is 21.3 Å². The molecule has 0 radical (unpaired) electrons. The Kier molecular flexibility index (Phi) is 7.49. The van der Waals surface area contributed by atoms with E-state index in [9.17, 15) is 9.59 Å². The lowest BCUT2D eigenvalue weighted by Gasteiger charge is -2.14. The second-order valence-corrected chi connectivity index (χ2v) is 3.80. The van der Waals surface area contributed by atoms with Gasteiger partial charge in [0.05, 0.1) is 12.5 Å². The van der Waals surface area contributed by atoms with Crippen LogP contribution in [0, 0.1) is 0 Å². The van der Waals surface area contributed by atoms with Crippen LogP contribution in [0.2, 0.25) is 0 Å². The van der Waals surface area contributed by atoms with Crippen molar-refractivity contribution in [3.8, 4) is 0 Å². The lowest BCUT2D eigenvalue weighted by Crippen LogP contribution is -2.41. The SMILES string of the molecule is CC(O)CC(=O)NC(CCCCN)C(=O)O. The quantitative estimate of drug-likeness (QED) is 0.420. The number of carboxylic acid groups (broad SMARTS) is 1. The van der Waals surface area contributed by atoms with Gasteiger partial charge >= 0.3 is 5.97 Å². The number of hydrogen-bond donors (Lipinski definition) is 4. The van der Waals surface area contributed by atoms with Gasteiger partial charge in [-0.3, -0.25) is 4.79 Å². The van der Waals surface area contributed by atoms with Crippen molar-refractivity contribution >= 4 is 11.9 Å². The molecule has 0 rings (SSSR count). The van der Waals surface area contributed by atoms with Gasteiger partial charge in [0.15, 0.2) is 0 Å². The number of carbonyl (C=O) groups excluding carboxylic acids is 1. The van der Waals surface area contributed by atoms with Crippen molar-refractivity contribution in [3.05, 3.63) is 0 Å². The van der Waals surface area contributed by atoms with Crippen LogP contribution >= 0.6 is 0 Å². The van der Waals surface area contributed by atoms with Gasteiger partial charge in [-0.2, -0.15) is 0 Å². The van der Waals surface area contributed by atoms with E-state index >= 15 is 0 Å². The van der Waals surface area contributed by atoms with E-state index in [1.807, 2.05) is 0 Å². The molecule has 2 unspecified atom stereocenters. The predicted molar refractivity (Wildman–Crippen MR) is 58.8 cm³/mol. The molecule has 1 amide bonds. The molecule has 16 heavy (non-hydrogen) atoms. The van der Waals surface area contributed by atoms with Crippen molar-refractivity contribution in [1.29, 1.82) is 0 Å². The average molecular weight is 232 g/mol. The van der Waals surface area contributed by atoms with Crippen LogP contribution in [0.1, 0.15) is 32.6 Å². The smallest absolute Gasteiger partial charge is 0.326 e. The van der Waals surface area contributed by atoms with E-state index in [-0.39, 0.29) is 6.42 Å². The van der Waals surface area contributed by atoms with Crippen LogP contribution < -0.4 is 11.1 Å². The monoisotopic (exact) mass is 232 g/mol. The van der Waals surface area contributed by atoms with Crippen LogP contribution in [-0.2, 0) is 9.59 Å². The van der Waals surface area contributed by atoms with E-state index in [4.69, 9.17) is 15.9 Å². The molecule has 0 saturated heterocycles. The van der Waals surface area contributed by atoms with Crippen molar-refractivity contribution in [2.45, 2.75) is 44.8 Å². The van der Waals surface area contributed by atoms with Crippen LogP contribution in [0.25, 0.3) is 0 Å². The number of rotatable bonds is 8. The van der Waals surface area contributed by atoms with Gasteiger partial charge in [0, 0.05) is 0 Å². The van der Waals surface area contributed by atoms with Crippen molar-refractivity contribution in [1.82, 2.24) is 5.32 Å². The molecule has 0 aromatic heterocycles. The average Bonchev–Trinajstić information content (AvgIpc) is 2.15. The minimum atomic E-state index is -1.06. The molecule has 0 aliphatic carbocycles. The summed E-state index contributed by atoms with van der Waals surface area (Å²) >= 11 is 0. The Morgan fingerprint density at radius 2 is 2.00 bits per heavy atom. The zero-order valence-electron chi connectivity index (χ0n) is 9.48. The van der Waals surface area contributed by atoms with Crippen LogP contribution in [0.4, 0.5) is 0 Å². The first-order valence-electron chi connectivity index (χ1n) is 5.37. The predicted octanol–water partition coefficient (Wildman–Crippen LogP) is -0.544. The number of hydrogen-bond acceptors (Lipinski definition) is 4. The number of carboxylic acids is 1. The Balaban J connectivity index is 4.02. The Labute approximate surface area is 94.8 Å². The van der Waals surface area contributed by atoms with Gasteiger partial charge in [-0.25, -0.2) is 4.79 Å². The van der Waals surface area contributed by atoms with Gasteiger partial charge in [0.2, 0.25) is 5.91 Å². The molecule has 0 fully saturated rings. The van der Waals surface area contributed by atoms with Crippen LogP contribution in [0.15, 0.2) is 0 Å². The van der Waals surface area contributed by atoms with Gasteiger partial charge in [0.25, 0.3) is 0 Å². The number of unbranched alkanes of at least 4 members (excludes halogenated alkanes) is 1. The molecule has 6 nitrogen and oxygen atoms in total. The lowest BCUT2D eigenvalue weighted by atomic mass is 10.1. The molecule has 6 heteroatoms. The van der Waals surface area contributed by atoms with E-state index < -0.39 is 24.0 Å². The summed E-state index contributed by atoms with van der Waals surface area (Å²) in [5, 5.41) is 20.2. The fourth-order valence-electron chi connectivity index (χ4n) is 1.27. The van der Waals surface area contributed by atoms with Gasteiger partial charge in [-0.05, 0) is 32.7 Å². The number of amides is 1. The summed E-state index contributed by atoms with van der Waals surface area (Å²) in [6.07, 6.45) is 0.899. The summed E-state index contributed by atoms with van der Waals surface area (Å²) in [5.74, 6) is -1.51.